The predicted octanol–water partition coefficient (Wildman–Crippen LogP) is 4.27. The van der Waals surface area contributed by atoms with Crippen LogP contribution in [0.2, 0.25) is 0 Å². The van der Waals surface area contributed by atoms with Gasteiger partial charge in [-0.05, 0) is 25.0 Å². The van der Waals surface area contributed by atoms with Gasteiger partial charge in [-0.25, -0.2) is 0 Å². The number of hydrogen-bond donors (Lipinski definition) is 1. The molecule has 0 bridgehead atoms. The molecule has 1 amide bonds. The highest BCUT2D eigenvalue weighted by Gasteiger charge is 2.31. The van der Waals surface area contributed by atoms with Crippen LogP contribution in [0.4, 0.5) is 13.2 Å². The summed E-state index contributed by atoms with van der Waals surface area (Å²) in [5, 5.41) is 10.1. The molecule has 0 spiro atoms. The van der Waals surface area contributed by atoms with E-state index in [1.807, 2.05) is 0 Å². The molecule has 0 aliphatic carbocycles. The van der Waals surface area contributed by atoms with Gasteiger partial charge in [0.25, 0.3) is 5.91 Å². The molecule has 0 saturated carbocycles. The fourth-order valence-electron chi connectivity index (χ4n) is 2.98. The summed E-state index contributed by atoms with van der Waals surface area (Å²) in [5.41, 5.74) is 2.56. The van der Waals surface area contributed by atoms with Gasteiger partial charge >= 0.3 is 6.18 Å². The number of alkyl halides is 3. The van der Waals surface area contributed by atoms with Crippen LogP contribution in [0, 0.1) is 13.8 Å². The number of benzene rings is 2. The molecule has 0 unspecified atom stereocenters. The van der Waals surface area contributed by atoms with Gasteiger partial charge in [0.15, 0.2) is 5.71 Å². The van der Waals surface area contributed by atoms with Gasteiger partial charge in [-0.15, -0.1) is 0 Å². The van der Waals surface area contributed by atoms with E-state index in [1.165, 1.54) is 14.2 Å². The molecule has 0 aliphatic heterocycles. The Morgan fingerprint density at radius 2 is 1.65 bits per heavy atom. The topological polar surface area (TPSA) is 72.3 Å². The van der Waals surface area contributed by atoms with E-state index in [4.69, 9.17) is 9.68 Å². The van der Waals surface area contributed by atoms with E-state index >= 15 is 0 Å². The molecular weight excluding hydrogens is 411 g/mol. The van der Waals surface area contributed by atoms with E-state index in [-0.39, 0.29) is 18.0 Å². The number of halogens is 3. The molecule has 0 aliphatic rings. The van der Waals surface area contributed by atoms with Gasteiger partial charge in [-0.3, -0.25) is 4.79 Å². The van der Waals surface area contributed by atoms with E-state index in [0.29, 0.717) is 22.3 Å². The van der Waals surface area contributed by atoms with E-state index < -0.39 is 18.5 Å². The van der Waals surface area contributed by atoms with Gasteiger partial charge in [0.1, 0.15) is 13.7 Å². The van der Waals surface area contributed by atoms with E-state index in [2.05, 4.69) is 15.6 Å². The highest BCUT2D eigenvalue weighted by molar-refractivity contribution is 6.45. The van der Waals surface area contributed by atoms with Gasteiger partial charge in [0.05, 0.1) is 12.1 Å². The molecule has 2 aromatic rings. The number of likely N-dealkylation sites (N-methyl/N-ethyl adjacent to an activating group) is 1. The van der Waals surface area contributed by atoms with Crippen LogP contribution in [0.5, 0.6) is 0 Å². The van der Waals surface area contributed by atoms with Crippen molar-refractivity contribution in [3.8, 4) is 0 Å². The molecule has 1 N–H and O–H groups in total. The zero-order valence-electron chi connectivity index (χ0n) is 17.7. The average Bonchev–Trinajstić information content (AvgIpc) is 2.71. The van der Waals surface area contributed by atoms with Crippen molar-refractivity contribution in [1.82, 2.24) is 5.32 Å². The van der Waals surface area contributed by atoms with Crippen LogP contribution in [-0.2, 0) is 21.1 Å². The molecule has 2 rings (SSSR count). The molecule has 0 fully saturated rings. The van der Waals surface area contributed by atoms with E-state index in [9.17, 15) is 18.0 Å². The van der Waals surface area contributed by atoms with Crippen molar-refractivity contribution in [3.05, 3.63) is 70.3 Å². The van der Waals surface area contributed by atoms with Crippen molar-refractivity contribution in [3.63, 3.8) is 0 Å². The number of aryl methyl sites for hydroxylation is 2. The maximum Gasteiger partial charge on any atom is 0.394 e. The number of carbonyl (C=O) groups is 1. The smallest absolute Gasteiger partial charge is 0.394 e. The monoisotopic (exact) mass is 435 g/mol. The van der Waals surface area contributed by atoms with Gasteiger partial charge in [-0.1, -0.05) is 52.8 Å². The van der Waals surface area contributed by atoms with Crippen LogP contribution in [0.15, 0.2) is 52.8 Å². The summed E-state index contributed by atoms with van der Waals surface area (Å²) in [4.78, 5) is 22.4. The first-order valence-corrected chi connectivity index (χ1v) is 9.41. The maximum atomic E-state index is 13.1. The number of nitrogens with one attached hydrogen (secondary N) is 1. The Hall–Kier alpha value is -3.36. The normalized spacial score (nSPS) is 12.5. The van der Waals surface area contributed by atoms with E-state index in [1.54, 1.807) is 56.3 Å². The van der Waals surface area contributed by atoms with Crippen LogP contribution in [0.1, 0.15) is 34.2 Å². The molecule has 31 heavy (non-hydrogen) atoms. The molecule has 6 nitrogen and oxygen atoms in total. The summed E-state index contributed by atoms with van der Waals surface area (Å²) < 4.78 is 39.3. The Bertz CT molecular complexity index is 985. The largest absolute Gasteiger partial charge is 0.398 e. The van der Waals surface area contributed by atoms with Crippen molar-refractivity contribution in [2.75, 3.05) is 14.2 Å². The third kappa shape index (κ3) is 6.56. The number of hydrogen-bond acceptors (Lipinski definition) is 5. The van der Waals surface area contributed by atoms with Crippen LogP contribution < -0.4 is 5.32 Å². The second-order valence-electron chi connectivity index (χ2n) is 6.72. The van der Waals surface area contributed by atoms with Crippen molar-refractivity contribution in [1.29, 1.82) is 0 Å². The SMILES string of the molecule is CNC(=O)/C(=N/OC)c1cccc(C)c1CO/N=C(\CC(F)(F)F)c1ccccc1C. The van der Waals surface area contributed by atoms with Crippen LogP contribution in [-0.4, -0.2) is 37.7 Å². The number of amides is 1. The lowest BCUT2D eigenvalue weighted by atomic mass is 9.98. The lowest BCUT2D eigenvalue weighted by molar-refractivity contribution is -0.121. The molecule has 0 heterocycles. The lowest BCUT2D eigenvalue weighted by Gasteiger charge is -2.14. The Labute approximate surface area is 178 Å². The molecule has 0 atom stereocenters. The Balaban J connectivity index is 2.40. The first-order valence-electron chi connectivity index (χ1n) is 9.41. The van der Waals surface area contributed by atoms with Crippen molar-refractivity contribution in [2.24, 2.45) is 10.3 Å². The standard InChI is InChI=1S/C22H24F3N3O3/c1-14-8-5-6-10-16(14)19(12-22(23,24)25)27-31-13-18-15(2)9-7-11-17(18)20(28-30-4)21(29)26-3/h5-11H,12-13H2,1-4H3,(H,26,29)/b27-19+,28-20+. The molecule has 0 radical (unpaired) electrons. The fourth-order valence-corrected chi connectivity index (χ4v) is 2.98. The van der Waals surface area contributed by atoms with E-state index in [0.717, 1.165) is 5.56 Å². The van der Waals surface area contributed by atoms with Gasteiger partial charge in [-0.2, -0.15) is 13.2 Å². The summed E-state index contributed by atoms with van der Waals surface area (Å²) in [6.45, 7) is 3.34. The number of nitrogens with zero attached hydrogens (tertiary/aromatic N) is 2. The number of carbonyl (C=O) groups excluding carboxylic acids is 1. The molecule has 9 heteroatoms. The maximum absolute atomic E-state index is 13.1. The predicted molar refractivity (Wildman–Crippen MR) is 112 cm³/mol. The second kappa shape index (κ2) is 10.6. The Kier molecular flexibility index (Phi) is 8.18. The summed E-state index contributed by atoms with van der Waals surface area (Å²) in [6, 6.07) is 11.8. The highest BCUT2D eigenvalue weighted by atomic mass is 19.4. The summed E-state index contributed by atoms with van der Waals surface area (Å²) in [6.07, 6.45) is -5.68. The third-order valence-corrected chi connectivity index (χ3v) is 4.50. The minimum Gasteiger partial charge on any atom is -0.398 e. The van der Waals surface area contributed by atoms with Crippen LogP contribution in [0.25, 0.3) is 0 Å². The first kappa shape index (κ1) is 23.9. The summed E-state index contributed by atoms with van der Waals surface area (Å²) in [7, 11) is 2.76. The fraction of sp³-hybridized carbons (Fsp3) is 0.318. The van der Waals surface area contributed by atoms with Crippen molar-refractivity contribution >= 4 is 17.3 Å². The molecule has 0 saturated heterocycles. The Morgan fingerprint density at radius 1 is 1.00 bits per heavy atom. The molecule has 0 aromatic heterocycles. The second-order valence-corrected chi connectivity index (χ2v) is 6.72. The van der Waals surface area contributed by atoms with Crippen molar-refractivity contribution in [2.45, 2.75) is 33.1 Å². The van der Waals surface area contributed by atoms with Gasteiger partial charge in [0, 0.05) is 23.7 Å². The minimum absolute atomic E-state index is 0.0192. The van der Waals surface area contributed by atoms with Crippen LogP contribution in [0.3, 0.4) is 0 Å². The average molecular weight is 435 g/mol. The zero-order valence-corrected chi connectivity index (χ0v) is 17.7. The third-order valence-electron chi connectivity index (χ3n) is 4.50. The highest BCUT2D eigenvalue weighted by Crippen LogP contribution is 2.25. The van der Waals surface area contributed by atoms with Crippen LogP contribution >= 0.6 is 0 Å². The molecule has 166 valence electrons. The Morgan fingerprint density at radius 3 is 2.26 bits per heavy atom. The summed E-state index contributed by atoms with van der Waals surface area (Å²) >= 11 is 0. The van der Waals surface area contributed by atoms with Gasteiger partial charge < -0.3 is 15.0 Å². The zero-order chi connectivity index (χ0) is 23.0. The van der Waals surface area contributed by atoms with Crippen molar-refractivity contribution < 1.29 is 27.6 Å². The number of rotatable bonds is 8. The number of oxime groups is 2. The first-order chi connectivity index (χ1) is 14.7. The lowest BCUT2D eigenvalue weighted by Crippen LogP contribution is -2.29. The molecule has 2 aromatic carbocycles. The quantitative estimate of drug-likeness (QED) is 0.497. The van der Waals surface area contributed by atoms with Gasteiger partial charge in [0.2, 0.25) is 0 Å². The molecular formula is C22H24F3N3O3. The minimum atomic E-state index is -4.45. The summed E-state index contributed by atoms with van der Waals surface area (Å²) in [5.74, 6) is -0.477.